The van der Waals surface area contributed by atoms with Gasteiger partial charge in [-0.15, -0.1) is 0 Å². The summed E-state index contributed by atoms with van der Waals surface area (Å²) >= 11 is 0. The van der Waals surface area contributed by atoms with Crippen LogP contribution in [0.3, 0.4) is 0 Å². The lowest BCUT2D eigenvalue weighted by molar-refractivity contribution is -0.114. The van der Waals surface area contributed by atoms with Gasteiger partial charge in [-0.2, -0.15) is 0 Å². The fraction of sp³-hybridized carbons (Fsp3) is 0.385. The van der Waals surface area contributed by atoms with E-state index in [4.69, 9.17) is 0 Å². The second kappa shape index (κ2) is 4.96. The number of nitrogens with one attached hydrogen (secondary N) is 1. The molecule has 1 heterocycles. The van der Waals surface area contributed by atoms with Crippen LogP contribution in [0, 0.1) is 5.92 Å². The van der Waals surface area contributed by atoms with E-state index in [1.165, 1.54) is 19.3 Å². The number of hydrogen-bond acceptors (Lipinski definition) is 2. The standard InChI is InChI=1S/C13H16NO/c15-13(11-7-3-1-4-8-11)12-9-5-2-6-10-14-12/h2,5-6,9-10,14H,1,3-4,7-8H2. The van der Waals surface area contributed by atoms with Gasteiger partial charge in [0.15, 0.2) is 5.78 Å². The molecule has 1 fully saturated rings. The highest BCUT2D eigenvalue weighted by atomic mass is 16.1. The molecule has 15 heavy (non-hydrogen) atoms. The van der Waals surface area contributed by atoms with Crippen LogP contribution in [0.5, 0.6) is 0 Å². The molecule has 0 spiro atoms. The number of hydrogen-bond donors (Lipinski definition) is 1. The molecule has 2 aliphatic rings. The second-order valence-electron chi connectivity index (χ2n) is 3.96. The lowest BCUT2D eigenvalue weighted by atomic mass is 9.85. The van der Waals surface area contributed by atoms with Crippen LogP contribution in [0.25, 0.3) is 0 Å². The normalized spacial score (nSPS) is 21.7. The number of ketones is 1. The van der Waals surface area contributed by atoms with Gasteiger partial charge in [-0.3, -0.25) is 4.79 Å². The van der Waals surface area contributed by atoms with Crippen molar-refractivity contribution in [3.8, 4) is 0 Å². The average Bonchev–Trinajstić information content (AvgIpc) is 2.58. The van der Waals surface area contributed by atoms with Crippen molar-refractivity contribution in [1.82, 2.24) is 5.32 Å². The third kappa shape index (κ3) is 2.58. The summed E-state index contributed by atoms with van der Waals surface area (Å²) in [4.78, 5) is 12.1. The van der Waals surface area contributed by atoms with Gasteiger partial charge < -0.3 is 5.32 Å². The molecule has 1 radical (unpaired) electrons. The third-order valence-electron chi connectivity index (χ3n) is 2.84. The van der Waals surface area contributed by atoms with Gasteiger partial charge in [0.25, 0.3) is 0 Å². The molecule has 0 atom stereocenters. The fourth-order valence-electron chi connectivity index (χ4n) is 1.99. The first kappa shape index (κ1) is 10.2. The summed E-state index contributed by atoms with van der Waals surface area (Å²) in [6.07, 6.45) is 14.9. The molecule has 0 bridgehead atoms. The molecular formula is C13H16NO. The van der Waals surface area contributed by atoms with Crippen molar-refractivity contribution in [3.63, 3.8) is 0 Å². The van der Waals surface area contributed by atoms with Gasteiger partial charge in [-0.25, -0.2) is 0 Å². The molecule has 1 N–H and O–H groups in total. The average molecular weight is 202 g/mol. The molecule has 1 aliphatic heterocycles. The third-order valence-corrected chi connectivity index (χ3v) is 2.84. The molecule has 0 aromatic carbocycles. The molecule has 2 heteroatoms. The molecule has 1 aliphatic carbocycles. The molecule has 1 saturated carbocycles. The predicted molar refractivity (Wildman–Crippen MR) is 60.8 cm³/mol. The largest absolute Gasteiger partial charge is 0.359 e. The lowest BCUT2D eigenvalue weighted by Crippen LogP contribution is -2.23. The quantitative estimate of drug-likeness (QED) is 0.745. The summed E-state index contributed by atoms with van der Waals surface area (Å²) in [5.74, 6) is 1.29. The Hall–Kier alpha value is -1.31. The van der Waals surface area contributed by atoms with Gasteiger partial charge in [0.2, 0.25) is 0 Å². The number of carbonyl (C=O) groups excluding carboxylic acids is 1. The first-order chi connectivity index (χ1) is 7.38. The van der Waals surface area contributed by atoms with E-state index in [1.54, 1.807) is 6.20 Å². The van der Waals surface area contributed by atoms with E-state index in [1.807, 2.05) is 24.3 Å². The monoisotopic (exact) mass is 202 g/mol. The summed E-state index contributed by atoms with van der Waals surface area (Å²) in [6.45, 7) is 0. The minimum Gasteiger partial charge on any atom is -0.359 e. The van der Waals surface area contributed by atoms with Gasteiger partial charge in [0.05, 0.1) is 5.70 Å². The number of allylic oxidation sites excluding steroid dienone is 5. The Balaban J connectivity index is 2.03. The smallest absolute Gasteiger partial charge is 0.186 e. The van der Waals surface area contributed by atoms with Crippen LogP contribution in [0.1, 0.15) is 32.1 Å². The van der Waals surface area contributed by atoms with Crippen LogP contribution >= 0.6 is 0 Å². The molecule has 2 rings (SSSR count). The zero-order chi connectivity index (χ0) is 10.5. The highest BCUT2D eigenvalue weighted by Gasteiger charge is 2.24. The first-order valence-electron chi connectivity index (χ1n) is 5.57. The van der Waals surface area contributed by atoms with Crippen LogP contribution in [-0.4, -0.2) is 5.78 Å². The lowest BCUT2D eigenvalue weighted by Gasteiger charge is -2.20. The van der Waals surface area contributed by atoms with Gasteiger partial charge in [-0.05, 0) is 25.0 Å². The van der Waals surface area contributed by atoms with Crippen molar-refractivity contribution in [2.24, 2.45) is 0 Å². The molecule has 0 aromatic rings. The van der Waals surface area contributed by atoms with E-state index in [9.17, 15) is 4.79 Å². The zero-order valence-electron chi connectivity index (χ0n) is 8.83. The summed E-state index contributed by atoms with van der Waals surface area (Å²) in [6, 6.07) is 0. The van der Waals surface area contributed by atoms with E-state index in [0.29, 0.717) is 5.70 Å². The Morgan fingerprint density at radius 2 is 1.87 bits per heavy atom. The maximum atomic E-state index is 12.1. The molecule has 79 valence electrons. The number of rotatable bonds is 2. The minimum absolute atomic E-state index is 0.200. The van der Waals surface area contributed by atoms with Gasteiger partial charge in [0, 0.05) is 12.1 Å². The Kier molecular flexibility index (Phi) is 3.38. The van der Waals surface area contributed by atoms with E-state index in [2.05, 4.69) is 5.32 Å². The van der Waals surface area contributed by atoms with Crippen molar-refractivity contribution >= 4 is 5.78 Å². The first-order valence-corrected chi connectivity index (χ1v) is 5.57. The van der Waals surface area contributed by atoms with Crippen LogP contribution < -0.4 is 5.32 Å². The van der Waals surface area contributed by atoms with Crippen LogP contribution in [0.2, 0.25) is 0 Å². The van der Waals surface area contributed by atoms with Crippen molar-refractivity contribution in [2.75, 3.05) is 0 Å². The molecule has 2 nitrogen and oxygen atoms in total. The Morgan fingerprint density at radius 3 is 2.67 bits per heavy atom. The summed E-state index contributed by atoms with van der Waals surface area (Å²) in [5, 5.41) is 3.03. The molecular weight excluding hydrogens is 186 g/mol. The molecule has 0 aromatic heterocycles. The Morgan fingerprint density at radius 1 is 1.07 bits per heavy atom. The maximum absolute atomic E-state index is 12.1. The second-order valence-corrected chi connectivity index (χ2v) is 3.96. The van der Waals surface area contributed by atoms with E-state index >= 15 is 0 Å². The predicted octanol–water partition coefficient (Wildman–Crippen LogP) is 2.65. The van der Waals surface area contributed by atoms with E-state index in [0.717, 1.165) is 18.8 Å². The van der Waals surface area contributed by atoms with Crippen LogP contribution in [-0.2, 0) is 4.79 Å². The van der Waals surface area contributed by atoms with Crippen molar-refractivity contribution < 1.29 is 4.79 Å². The summed E-state index contributed by atoms with van der Waals surface area (Å²) in [5.41, 5.74) is 0.705. The van der Waals surface area contributed by atoms with Gasteiger partial charge >= 0.3 is 0 Å². The van der Waals surface area contributed by atoms with Crippen LogP contribution in [0.4, 0.5) is 0 Å². The van der Waals surface area contributed by atoms with Crippen molar-refractivity contribution in [2.45, 2.75) is 32.1 Å². The maximum Gasteiger partial charge on any atom is 0.186 e. The minimum atomic E-state index is 0.200. The topological polar surface area (TPSA) is 29.1 Å². The highest BCUT2D eigenvalue weighted by Crippen LogP contribution is 2.28. The van der Waals surface area contributed by atoms with Crippen molar-refractivity contribution in [3.05, 3.63) is 42.1 Å². The van der Waals surface area contributed by atoms with Crippen LogP contribution in [0.15, 0.2) is 36.2 Å². The number of carbonyl (C=O) groups is 1. The summed E-state index contributed by atoms with van der Waals surface area (Å²) in [7, 11) is 0. The molecule has 0 unspecified atom stereocenters. The van der Waals surface area contributed by atoms with E-state index < -0.39 is 0 Å². The Bertz CT molecular complexity index is 319. The molecule has 0 amide bonds. The molecule has 0 saturated heterocycles. The van der Waals surface area contributed by atoms with Crippen molar-refractivity contribution in [1.29, 1.82) is 0 Å². The van der Waals surface area contributed by atoms with Gasteiger partial charge in [-0.1, -0.05) is 31.4 Å². The van der Waals surface area contributed by atoms with Gasteiger partial charge in [0.1, 0.15) is 0 Å². The number of Topliss-reactive ketones (excluding diaryl/α,β-unsaturated/α-hetero) is 1. The fourth-order valence-corrected chi connectivity index (χ4v) is 1.99. The SMILES string of the molecule is O=C([C]1CCCCC1)C1=CC=CC=CN1. The Labute approximate surface area is 90.7 Å². The van der Waals surface area contributed by atoms with E-state index in [-0.39, 0.29) is 5.78 Å². The summed E-state index contributed by atoms with van der Waals surface area (Å²) < 4.78 is 0. The highest BCUT2D eigenvalue weighted by molar-refractivity contribution is 6.05. The zero-order valence-corrected chi connectivity index (χ0v) is 8.83.